The van der Waals surface area contributed by atoms with Crippen LogP contribution in [0.4, 0.5) is 0 Å². The number of nitrogens with two attached hydrogens (primary N) is 1. The summed E-state index contributed by atoms with van der Waals surface area (Å²) in [6, 6.07) is 16.9. The van der Waals surface area contributed by atoms with Crippen LogP contribution in [0, 0.1) is 0 Å². The molecule has 11 heteroatoms. The number of nitrogens with zero attached hydrogens (tertiary/aromatic N) is 2. The molecule has 0 bridgehead atoms. The topological polar surface area (TPSA) is 162 Å². The normalized spacial score (nSPS) is 18.8. The predicted molar refractivity (Wildman–Crippen MR) is 177 cm³/mol. The van der Waals surface area contributed by atoms with Gasteiger partial charge in [0.2, 0.25) is 17.7 Å². The molecule has 2 heterocycles. The van der Waals surface area contributed by atoms with Crippen LogP contribution < -0.4 is 16.4 Å². The van der Waals surface area contributed by atoms with Gasteiger partial charge < -0.3 is 21.5 Å². The van der Waals surface area contributed by atoms with Crippen molar-refractivity contribution in [1.82, 2.24) is 20.4 Å². The molecular weight excluding hydrogens is 598 g/mol. The Morgan fingerprint density at radius 2 is 1.53 bits per heavy atom. The Kier molecular flexibility index (Phi) is 10.1. The van der Waals surface area contributed by atoms with Crippen molar-refractivity contribution in [2.75, 3.05) is 13.1 Å². The predicted octanol–water partition coefficient (Wildman–Crippen LogP) is 2.54. The highest BCUT2D eigenvalue weighted by atomic mass is 16.3. The molecule has 0 aromatic heterocycles. The van der Waals surface area contributed by atoms with Crippen LogP contribution in [0.3, 0.4) is 0 Å². The third-order valence-corrected chi connectivity index (χ3v) is 8.72. The van der Waals surface area contributed by atoms with Gasteiger partial charge in [-0.25, -0.2) is 0 Å². The Labute approximate surface area is 274 Å². The summed E-state index contributed by atoms with van der Waals surface area (Å²) in [5.74, 6) is -3.17. The second-order valence-corrected chi connectivity index (χ2v) is 13.5. The minimum Gasteiger partial charge on any atom is -0.390 e. The summed E-state index contributed by atoms with van der Waals surface area (Å²) in [5, 5.41) is 19.1. The van der Waals surface area contributed by atoms with Gasteiger partial charge in [-0.05, 0) is 75.0 Å². The van der Waals surface area contributed by atoms with Crippen molar-refractivity contribution >= 4 is 40.3 Å². The van der Waals surface area contributed by atoms with E-state index in [1.165, 1.54) is 0 Å². The number of fused-ring (bicyclic) bond motifs is 2. The van der Waals surface area contributed by atoms with E-state index < -0.39 is 59.8 Å². The van der Waals surface area contributed by atoms with Crippen LogP contribution in [0.25, 0.3) is 10.8 Å². The van der Waals surface area contributed by atoms with E-state index in [9.17, 15) is 29.1 Å². The minimum absolute atomic E-state index is 0.0973. The van der Waals surface area contributed by atoms with Crippen molar-refractivity contribution in [1.29, 1.82) is 0 Å². The van der Waals surface area contributed by atoms with E-state index in [1.807, 2.05) is 80.3 Å². The smallest absolute Gasteiger partial charge is 0.262 e. The van der Waals surface area contributed by atoms with Crippen LogP contribution in [-0.4, -0.2) is 87.3 Å². The molecule has 0 radical (unpaired) electrons. The first-order valence-corrected chi connectivity index (χ1v) is 16.1. The van der Waals surface area contributed by atoms with Crippen molar-refractivity contribution in [2.24, 2.45) is 5.73 Å². The van der Waals surface area contributed by atoms with E-state index in [4.69, 9.17) is 5.73 Å². The molecule has 1 unspecified atom stereocenters. The van der Waals surface area contributed by atoms with Gasteiger partial charge in [0.15, 0.2) is 0 Å². The molecule has 0 spiro atoms. The van der Waals surface area contributed by atoms with Crippen LogP contribution in [0.1, 0.15) is 72.7 Å². The number of piperidine rings is 1. The van der Waals surface area contributed by atoms with Crippen LogP contribution in [0.15, 0.2) is 66.7 Å². The van der Waals surface area contributed by atoms with Crippen molar-refractivity contribution in [3.05, 3.63) is 83.4 Å². The maximum absolute atomic E-state index is 14.0. The largest absolute Gasteiger partial charge is 0.390 e. The molecule has 2 aliphatic rings. The summed E-state index contributed by atoms with van der Waals surface area (Å²) in [5.41, 5.74) is 6.23. The summed E-state index contributed by atoms with van der Waals surface area (Å²) in [7, 11) is 0. The van der Waals surface area contributed by atoms with Gasteiger partial charge in [-0.1, -0.05) is 61.0 Å². The van der Waals surface area contributed by atoms with Crippen LogP contribution in [-0.2, 0) is 20.8 Å². The fourth-order valence-corrected chi connectivity index (χ4v) is 6.48. The van der Waals surface area contributed by atoms with Gasteiger partial charge in [0, 0.05) is 12.1 Å². The molecule has 5 N–H and O–H groups in total. The Morgan fingerprint density at radius 1 is 0.936 bits per heavy atom. The molecule has 0 saturated carbocycles. The Balaban J connectivity index is 1.40. The number of hydrogen-bond acceptors (Lipinski definition) is 7. The first-order valence-electron chi connectivity index (χ1n) is 16.1. The highest BCUT2D eigenvalue weighted by Gasteiger charge is 2.44. The molecule has 5 amide bonds. The first-order chi connectivity index (χ1) is 22.3. The molecule has 3 aromatic carbocycles. The average molecular weight is 642 g/mol. The third-order valence-electron chi connectivity index (χ3n) is 8.72. The van der Waals surface area contributed by atoms with Gasteiger partial charge >= 0.3 is 0 Å². The number of nitrogens with one attached hydrogen (secondary N) is 2. The molecule has 4 atom stereocenters. The molecule has 248 valence electrons. The highest BCUT2D eigenvalue weighted by molar-refractivity contribution is 6.24. The summed E-state index contributed by atoms with van der Waals surface area (Å²) in [6.07, 6.45) is 0.869. The Morgan fingerprint density at radius 3 is 2.11 bits per heavy atom. The van der Waals surface area contributed by atoms with Crippen molar-refractivity contribution in [3.8, 4) is 0 Å². The summed E-state index contributed by atoms with van der Waals surface area (Å²) in [6.45, 7) is 6.44. The zero-order valence-electron chi connectivity index (χ0n) is 27.1. The zero-order chi connectivity index (χ0) is 33.9. The number of aliphatic hydroxyl groups excluding tert-OH is 1. The SMILES string of the molecule is CC(C)(C)NC(=O)[C@@H]1CCCCN1C[C@@H](O)[C@H](Cc1ccccc1)NC(=O)C(CC(N)=O)N1C(=O)c2cc3ccccc3cc2C1=O. The van der Waals surface area contributed by atoms with Gasteiger partial charge in [-0.15, -0.1) is 0 Å². The molecule has 1 fully saturated rings. The lowest BCUT2D eigenvalue weighted by Crippen LogP contribution is -2.59. The van der Waals surface area contributed by atoms with Gasteiger partial charge in [-0.3, -0.25) is 33.8 Å². The summed E-state index contributed by atoms with van der Waals surface area (Å²) >= 11 is 0. The number of amides is 5. The number of imide groups is 1. The number of benzene rings is 3. The molecule has 5 rings (SSSR count). The lowest BCUT2D eigenvalue weighted by Gasteiger charge is -2.39. The quantitative estimate of drug-likeness (QED) is 0.234. The first kappa shape index (κ1) is 33.7. The van der Waals surface area contributed by atoms with E-state index in [-0.39, 0.29) is 30.0 Å². The van der Waals surface area contributed by atoms with Gasteiger partial charge in [0.1, 0.15) is 6.04 Å². The fraction of sp³-hybridized carbons (Fsp3) is 0.417. The lowest BCUT2D eigenvalue weighted by molar-refractivity contribution is -0.131. The Bertz CT molecular complexity index is 1610. The number of carbonyl (C=O) groups is 5. The van der Waals surface area contributed by atoms with Gasteiger partial charge in [0.25, 0.3) is 11.8 Å². The number of likely N-dealkylation sites (tertiary alicyclic amines) is 1. The van der Waals surface area contributed by atoms with Crippen molar-refractivity contribution in [3.63, 3.8) is 0 Å². The summed E-state index contributed by atoms with van der Waals surface area (Å²) in [4.78, 5) is 69.4. The zero-order valence-corrected chi connectivity index (χ0v) is 27.1. The number of β-amino-alcohol motifs (C(OH)–C–C–N with tert-alkyl or cyclic N) is 1. The van der Waals surface area contributed by atoms with Crippen LogP contribution >= 0.6 is 0 Å². The third kappa shape index (κ3) is 7.86. The summed E-state index contributed by atoms with van der Waals surface area (Å²) < 4.78 is 0. The van der Waals surface area contributed by atoms with E-state index >= 15 is 0 Å². The van der Waals surface area contributed by atoms with E-state index in [2.05, 4.69) is 10.6 Å². The van der Waals surface area contributed by atoms with Crippen LogP contribution in [0.2, 0.25) is 0 Å². The second kappa shape index (κ2) is 14.0. The fourth-order valence-electron chi connectivity index (χ4n) is 6.48. The standard InChI is InChI=1S/C36H43N5O6/c1-36(2,3)39-33(45)28-15-9-10-16-40(28)21-30(42)27(17-22-11-5-4-6-12-22)38-32(44)29(20-31(37)43)41-34(46)25-18-23-13-7-8-14-24(23)19-26(25)35(41)47/h4-8,11-14,18-19,27-30,42H,9-10,15-17,20-21H2,1-3H3,(H2,37,43)(H,38,44)(H,39,45)/t27-,28-,29?,30+/m0/s1. The number of primary amides is 1. The van der Waals surface area contributed by atoms with Crippen molar-refractivity contribution in [2.45, 2.75) is 82.6 Å². The molecule has 1 saturated heterocycles. The molecule has 47 heavy (non-hydrogen) atoms. The maximum Gasteiger partial charge on any atom is 0.262 e. The maximum atomic E-state index is 14.0. The minimum atomic E-state index is -1.53. The molecule has 2 aliphatic heterocycles. The molecule has 0 aliphatic carbocycles. The molecular formula is C36H43N5O6. The van der Waals surface area contributed by atoms with Crippen LogP contribution in [0.5, 0.6) is 0 Å². The number of hydrogen-bond donors (Lipinski definition) is 4. The van der Waals surface area contributed by atoms with Gasteiger partial charge in [0.05, 0.1) is 35.7 Å². The number of aliphatic hydroxyl groups is 1. The van der Waals surface area contributed by atoms with E-state index in [0.29, 0.717) is 13.0 Å². The van der Waals surface area contributed by atoms with E-state index in [1.54, 1.807) is 12.1 Å². The van der Waals surface area contributed by atoms with Gasteiger partial charge in [-0.2, -0.15) is 0 Å². The highest BCUT2D eigenvalue weighted by Crippen LogP contribution is 2.30. The van der Waals surface area contributed by atoms with E-state index in [0.717, 1.165) is 34.1 Å². The average Bonchev–Trinajstić information content (AvgIpc) is 3.26. The molecule has 3 aromatic rings. The number of carbonyl (C=O) groups excluding carboxylic acids is 5. The van der Waals surface area contributed by atoms with Crippen molar-refractivity contribution < 1.29 is 29.1 Å². The monoisotopic (exact) mass is 641 g/mol. The number of rotatable bonds is 11. The lowest BCUT2D eigenvalue weighted by atomic mass is 9.96. The second-order valence-electron chi connectivity index (χ2n) is 13.5. The Hall–Kier alpha value is -4.61. The molecule has 11 nitrogen and oxygen atoms in total.